The number of carbonyl (C=O) groups is 1. The maximum Gasteiger partial charge on any atom is 0.235 e. The zero-order valence-electron chi connectivity index (χ0n) is 15.9. The van der Waals surface area contributed by atoms with Crippen molar-refractivity contribution in [3.63, 3.8) is 0 Å². The molecule has 6 nitrogen and oxygen atoms in total. The smallest absolute Gasteiger partial charge is 0.235 e. The van der Waals surface area contributed by atoms with E-state index in [0.29, 0.717) is 19.5 Å². The molecule has 0 spiro atoms. The van der Waals surface area contributed by atoms with E-state index in [0.717, 1.165) is 22.3 Å². The van der Waals surface area contributed by atoms with Crippen LogP contribution in [-0.2, 0) is 24.3 Å². The van der Waals surface area contributed by atoms with Gasteiger partial charge in [0.25, 0.3) is 0 Å². The highest BCUT2D eigenvalue weighted by Gasteiger charge is 2.30. The van der Waals surface area contributed by atoms with Crippen LogP contribution in [0.15, 0.2) is 73.2 Å². The van der Waals surface area contributed by atoms with Gasteiger partial charge in [-0.15, -0.1) is 0 Å². The van der Waals surface area contributed by atoms with E-state index in [2.05, 4.69) is 39.2 Å². The first-order chi connectivity index (χ1) is 14.2. The van der Waals surface area contributed by atoms with Gasteiger partial charge in [0.05, 0.1) is 12.2 Å². The third-order valence-corrected chi connectivity index (χ3v) is 5.55. The van der Waals surface area contributed by atoms with E-state index in [-0.39, 0.29) is 11.9 Å². The largest absolute Gasteiger partial charge is 0.368 e. The van der Waals surface area contributed by atoms with Gasteiger partial charge < -0.3 is 5.73 Å². The second-order valence-corrected chi connectivity index (χ2v) is 7.45. The van der Waals surface area contributed by atoms with Crippen LogP contribution >= 0.6 is 0 Å². The molecule has 144 valence electrons. The second kappa shape index (κ2) is 7.14. The molecule has 4 aromatic rings. The Hall–Kier alpha value is -3.51. The van der Waals surface area contributed by atoms with Crippen molar-refractivity contribution in [3.8, 4) is 11.1 Å². The summed E-state index contributed by atoms with van der Waals surface area (Å²) in [5, 5.41) is 4.48. The van der Waals surface area contributed by atoms with Crippen molar-refractivity contribution in [2.45, 2.75) is 25.6 Å². The Balaban J connectivity index is 1.45. The van der Waals surface area contributed by atoms with Gasteiger partial charge >= 0.3 is 0 Å². The molecule has 0 bridgehead atoms. The fraction of sp³-hybridized carbons (Fsp3) is 0.174. The van der Waals surface area contributed by atoms with Crippen LogP contribution in [0, 0.1) is 0 Å². The van der Waals surface area contributed by atoms with Gasteiger partial charge in [0.1, 0.15) is 0 Å². The van der Waals surface area contributed by atoms with Gasteiger partial charge in [0.2, 0.25) is 5.91 Å². The summed E-state index contributed by atoms with van der Waals surface area (Å²) < 4.78 is 1.80. The first-order valence-corrected chi connectivity index (χ1v) is 9.67. The standard InChI is InChI=1S/C23H21N5O/c24-22(29)21-10-18-8-4-5-9-19(18)15-27(21)13-16-11-25-23-20(12-26-28(23)14-16)17-6-2-1-3-7-17/h1-9,11-12,14,21H,10,13,15H2,(H2,24,29). The lowest BCUT2D eigenvalue weighted by molar-refractivity contribution is -0.124. The van der Waals surface area contributed by atoms with Gasteiger partial charge in [-0.05, 0) is 23.1 Å². The van der Waals surface area contributed by atoms with Crippen molar-refractivity contribution in [1.82, 2.24) is 19.5 Å². The lowest BCUT2D eigenvalue weighted by atomic mass is 9.93. The molecule has 29 heavy (non-hydrogen) atoms. The Morgan fingerprint density at radius 3 is 2.59 bits per heavy atom. The Kier molecular flexibility index (Phi) is 4.33. The first kappa shape index (κ1) is 17.6. The third kappa shape index (κ3) is 3.28. The predicted octanol–water partition coefficient (Wildman–Crippen LogP) is 2.81. The highest BCUT2D eigenvalue weighted by Crippen LogP contribution is 2.26. The van der Waals surface area contributed by atoms with Crippen LogP contribution in [0.1, 0.15) is 16.7 Å². The van der Waals surface area contributed by atoms with Gasteiger partial charge in [-0.3, -0.25) is 9.69 Å². The summed E-state index contributed by atoms with van der Waals surface area (Å²) >= 11 is 0. The molecule has 1 atom stereocenters. The lowest BCUT2D eigenvalue weighted by Crippen LogP contribution is -2.48. The molecule has 2 aromatic heterocycles. The molecule has 2 N–H and O–H groups in total. The molecule has 1 aliphatic heterocycles. The molecule has 0 aliphatic carbocycles. The van der Waals surface area contributed by atoms with Crippen LogP contribution < -0.4 is 5.73 Å². The van der Waals surface area contributed by atoms with E-state index in [1.54, 1.807) is 4.52 Å². The SMILES string of the molecule is NC(=O)C1Cc2ccccc2CN1Cc1cnc2c(-c3ccccc3)cnn2c1. The van der Waals surface area contributed by atoms with E-state index in [4.69, 9.17) is 5.73 Å². The summed E-state index contributed by atoms with van der Waals surface area (Å²) in [5.41, 5.74) is 12.0. The molecular formula is C23H21N5O. The van der Waals surface area contributed by atoms with E-state index in [1.165, 1.54) is 11.1 Å². The monoisotopic (exact) mass is 383 g/mol. The Labute approximate surface area is 168 Å². The highest BCUT2D eigenvalue weighted by molar-refractivity contribution is 5.80. The van der Waals surface area contributed by atoms with E-state index in [1.807, 2.05) is 48.9 Å². The van der Waals surface area contributed by atoms with Gasteiger partial charge in [-0.25, -0.2) is 9.50 Å². The van der Waals surface area contributed by atoms with Crippen LogP contribution in [0.5, 0.6) is 0 Å². The van der Waals surface area contributed by atoms with Crippen LogP contribution in [-0.4, -0.2) is 31.4 Å². The van der Waals surface area contributed by atoms with Gasteiger partial charge in [0, 0.05) is 36.6 Å². The molecule has 1 amide bonds. The number of carbonyl (C=O) groups excluding carboxylic acids is 1. The van der Waals surface area contributed by atoms with Crippen molar-refractivity contribution >= 4 is 11.6 Å². The molecule has 0 saturated heterocycles. The van der Waals surface area contributed by atoms with E-state index in [9.17, 15) is 4.79 Å². The fourth-order valence-corrected chi connectivity index (χ4v) is 4.07. The third-order valence-electron chi connectivity index (χ3n) is 5.55. The number of hydrogen-bond acceptors (Lipinski definition) is 4. The average Bonchev–Trinajstić information content (AvgIpc) is 3.17. The minimum absolute atomic E-state index is 0.293. The van der Waals surface area contributed by atoms with E-state index >= 15 is 0 Å². The average molecular weight is 383 g/mol. The minimum Gasteiger partial charge on any atom is -0.368 e. The zero-order chi connectivity index (χ0) is 19.8. The lowest BCUT2D eigenvalue weighted by Gasteiger charge is -2.35. The number of fused-ring (bicyclic) bond motifs is 2. The summed E-state index contributed by atoms with van der Waals surface area (Å²) in [5.74, 6) is -0.293. The van der Waals surface area contributed by atoms with Crippen molar-refractivity contribution in [2.24, 2.45) is 5.73 Å². The predicted molar refractivity (Wildman–Crippen MR) is 111 cm³/mol. The van der Waals surface area contributed by atoms with Crippen molar-refractivity contribution < 1.29 is 4.79 Å². The van der Waals surface area contributed by atoms with Crippen molar-refractivity contribution in [2.75, 3.05) is 0 Å². The number of amides is 1. The topological polar surface area (TPSA) is 76.5 Å². The molecule has 5 rings (SSSR count). The number of rotatable bonds is 4. The maximum absolute atomic E-state index is 12.1. The molecular weight excluding hydrogens is 362 g/mol. The number of nitrogens with two attached hydrogens (primary N) is 1. The maximum atomic E-state index is 12.1. The van der Waals surface area contributed by atoms with Gasteiger partial charge in [-0.1, -0.05) is 54.6 Å². The molecule has 1 unspecified atom stereocenters. The Morgan fingerprint density at radius 1 is 1.03 bits per heavy atom. The van der Waals surface area contributed by atoms with Gasteiger partial charge in [0.15, 0.2) is 5.65 Å². The fourth-order valence-electron chi connectivity index (χ4n) is 4.07. The van der Waals surface area contributed by atoms with Crippen LogP contribution in [0.2, 0.25) is 0 Å². The summed E-state index contributed by atoms with van der Waals surface area (Å²) in [7, 11) is 0. The normalized spacial score (nSPS) is 16.6. The van der Waals surface area contributed by atoms with E-state index < -0.39 is 0 Å². The summed E-state index contributed by atoms with van der Waals surface area (Å²) in [4.78, 5) is 18.9. The number of benzene rings is 2. The number of hydrogen-bond donors (Lipinski definition) is 1. The number of aromatic nitrogens is 3. The molecule has 0 radical (unpaired) electrons. The van der Waals surface area contributed by atoms with Crippen LogP contribution in [0.3, 0.4) is 0 Å². The van der Waals surface area contributed by atoms with Crippen molar-refractivity contribution in [1.29, 1.82) is 0 Å². The highest BCUT2D eigenvalue weighted by atomic mass is 16.1. The summed E-state index contributed by atoms with van der Waals surface area (Å²) in [6, 6.07) is 18.0. The Morgan fingerprint density at radius 2 is 1.79 bits per heavy atom. The van der Waals surface area contributed by atoms with Gasteiger partial charge in [-0.2, -0.15) is 5.10 Å². The zero-order valence-corrected chi connectivity index (χ0v) is 15.9. The Bertz CT molecular complexity index is 1180. The number of nitrogens with zero attached hydrogens (tertiary/aromatic N) is 4. The van der Waals surface area contributed by atoms with Crippen LogP contribution in [0.25, 0.3) is 16.8 Å². The summed E-state index contributed by atoms with van der Waals surface area (Å²) in [6.45, 7) is 1.28. The quantitative estimate of drug-likeness (QED) is 0.588. The molecule has 0 saturated carbocycles. The molecule has 3 heterocycles. The molecule has 2 aromatic carbocycles. The van der Waals surface area contributed by atoms with Crippen molar-refractivity contribution in [3.05, 3.63) is 89.9 Å². The molecule has 6 heteroatoms. The number of primary amides is 1. The second-order valence-electron chi connectivity index (χ2n) is 7.45. The summed E-state index contributed by atoms with van der Waals surface area (Å²) in [6.07, 6.45) is 6.32. The van der Waals surface area contributed by atoms with Crippen LogP contribution in [0.4, 0.5) is 0 Å². The molecule has 1 aliphatic rings. The molecule has 0 fully saturated rings. The minimum atomic E-state index is -0.321. The first-order valence-electron chi connectivity index (χ1n) is 9.67.